The molecule has 1 fully saturated rings. The third-order valence-corrected chi connectivity index (χ3v) is 4.71. The third kappa shape index (κ3) is 4.52. The summed E-state index contributed by atoms with van der Waals surface area (Å²) in [6.07, 6.45) is 6.19. The molecule has 1 aromatic carbocycles. The fourth-order valence-corrected chi connectivity index (χ4v) is 3.45. The summed E-state index contributed by atoms with van der Waals surface area (Å²) in [5, 5.41) is 14.0. The minimum Gasteiger partial charge on any atom is -0.325 e. The molecule has 1 aliphatic carbocycles. The van der Waals surface area contributed by atoms with Crippen LogP contribution in [0.2, 0.25) is 0 Å². The van der Waals surface area contributed by atoms with Gasteiger partial charge in [0.05, 0.1) is 10.7 Å². The third-order valence-electron chi connectivity index (χ3n) is 3.34. The Hall–Kier alpha value is -1.56. The van der Waals surface area contributed by atoms with Gasteiger partial charge in [-0.25, -0.2) is 0 Å². The van der Waals surface area contributed by atoms with E-state index >= 15 is 0 Å². The number of carbonyl (C=O) groups excluding carboxylic acids is 1. The van der Waals surface area contributed by atoms with Gasteiger partial charge >= 0.3 is 0 Å². The predicted molar refractivity (Wildman–Crippen MR) is 81.1 cm³/mol. The predicted octanol–water partition coefficient (Wildman–Crippen LogP) is 3.60. The van der Waals surface area contributed by atoms with Gasteiger partial charge in [0.15, 0.2) is 0 Å². The van der Waals surface area contributed by atoms with Crippen LogP contribution in [0.25, 0.3) is 0 Å². The normalized spacial score (nSPS) is 15.8. The minimum absolute atomic E-state index is 0.0114. The largest absolute Gasteiger partial charge is 0.325 e. The average Bonchev–Trinajstić information content (AvgIpc) is 2.46. The zero-order chi connectivity index (χ0) is 14.4. The second-order valence-electron chi connectivity index (χ2n) is 4.93. The zero-order valence-corrected chi connectivity index (χ0v) is 12.0. The molecule has 5 nitrogen and oxygen atoms in total. The molecule has 1 aliphatic rings. The van der Waals surface area contributed by atoms with Crippen molar-refractivity contribution in [1.82, 2.24) is 0 Å². The number of hydrogen-bond acceptors (Lipinski definition) is 4. The lowest BCUT2D eigenvalue weighted by Crippen LogP contribution is -2.17. The lowest BCUT2D eigenvalue weighted by Gasteiger charge is -2.20. The van der Waals surface area contributed by atoms with Gasteiger partial charge in [0.2, 0.25) is 5.91 Å². The molecule has 0 aliphatic heterocycles. The van der Waals surface area contributed by atoms with Gasteiger partial charge in [-0.05, 0) is 18.9 Å². The Morgan fingerprint density at radius 1 is 1.35 bits per heavy atom. The molecule has 0 atom stereocenters. The van der Waals surface area contributed by atoms with E-state index in [1.54, 1.807) is 23.9 Å². The Labute approximate surface area is 122 Å². The summed E-state index contributed by atoms with van der Waals surface area (Å²) in [7, 11) is 0. The van der Waals surface area contributed by atoms with Crippen LogP contribution in [0.5, 0.6) is 0 Å². The number of benzene rings is 1. The number of nitro benzene ring substituents is 1. The topological polar surface area (TPSA) is 72.2 Å². The van der Waals surface area contributed by atoms with Crippen LogP contribution in [-0.2, 0) is 4.79 Å². The molecule has 1 saturated carbocycles. The van der Waals surface area contributed by atoms with Crippen molar-refractivity contribution in [2.45, 2.75) is 37.4 Å². The highest BCUT2D eigenvalue weighted by molar-refractivity contribution is 8.00. The molecule has 1 N–H and O–H groups in total. The smallest absolute Gasteiger partial charge is 0.271 e. The van der Waals surface area contributed by atoms with Gasteiger partial charge in [0.1, 0.15) is 0 Å². The highest BCUT2D eigenvalue weighted by Gasteiger charge is 2.15. The standard InChI is InChI=1S/C14H18N2O3S/c17-14(10-20-13-7-2-1-3-8-13)15-11-5-4-6-12(9-11)16(18)19/h4-6,9,13H,1-3,7-8,10H2,(H,15,17). The van der Waals surface area contributed by atoms with Crippen LogP contribution in [-0.4, -0.2) is 21.8 Å². The van der Waals surface area contributed by atoms with Crippen molar-refractivity contribution in [3.05, 3.63) is 34.4 Å². The fourth-order valence-electron chi connectivity index (χ4n) is 2.32. The number of non-ortho nitro benzene ring substituents is 1. The van der Waals surface area contributed by atoms with Crippen LogP contribution >= 0.6 is 11.8 Å². The van der Waals surface area contributed by atoms with Gasteiger partial charge in [-0.1, -0.05) is 25.3 Å². The van der Waals surface area contributed by atoms with Crippen LogP contribution in [0.4, 0.5) is 11.4 Å². The van der Waals surface area contributed by atoms with Gasteiger partial charge in [-0.15, -0.1) is 11.8 Å². The van der Waals surface area contributed by atoms with E-state index in [9.17, 15) is 14.9 Å². The number of anilines is 1. The first-order valence-electron chi connectivity index (χ1n) is 6.81. The Morgan fingerprint density at radius 2 is 2.10 bits per heavy atom. The van der Waals surface area contributed by atoms with E-state index < -0.39 is 4.92 Å². The number of carbonyl (C=O) groups is 1. The molecule has 6 heteroatoms. The van der Waals surface area contributed by atoms with Crippen molar-refractivity contribution in [3.8, 4) is 0 Å². The SMILES string of the molecule is O=C(CSC1CCCCC1)Nc1cccc([N+](=O)[O-])c1. The van der Waals surface area contributed by atoms with E-state index in [0.29, 0.717) is 16.7 Å². The van der Waals surface area contributed by atoms with Crippen LogP contribution < -0.4 is 5.32 Å². The number of thioether (sulfide) groups is 1. The van der Waals surface area contributed by atoms with Crippen molar-refractivity contribution >= 4 is 29.0 Å². The first-order valence-corrected chi connectivity index (χ1v) is 7.86. The zero-order valence-electron chi connectivity index (χ0n) is 11.2. The number of nitrogens with one attached hydrogen (secondary N) is 1. The molecule has 0 bridgehead atoms. The molecule has 0 spiro atoms. The van der Waals surface area contributed by atoms with Gasteiger partial charge in [0.25, 0.3) is 5.69 Å². The van der Waals surface area contributed by atoms with Crippen molar-refractivity contribution in [1.29, 1.82) is 0 Å². The Bertz CT molecular complexity index is 487. The van der Waals surface area contributed by atoms with Crippen LogP contribution in [0.3, 0.4) is 0 Å². The maximum atomic E-state index is 11.8. The van der Waals surface area contributed by atoms with E-state index in [-0.39, 0.29) is 11.6 Å². The molecule has 0 aromatic heterocycles. The number of rotatable bonds is 5. The average molecular weight is 294 g/mol. The number of amides is 1. The number of hydrogen-bond donors (Lipinski definition) is 1. The maximum Gasteiger partial charge on any atom is 0.271 e. The molecular formula is C14H18N2O3S. The summed E-state index contributed by atoms with van der Waals surface area (Å²) < 4.78 is 0. The van der Waals surface area contributed by atoms with Crippen LogP contribution in [0, 0.1) is 10.1 Å². The Balaban J connectivity index is 1.81. The first kappa shape index (κ1) is 14.8. The van der Waals surface area contributed by atoms with E-state index in [4.69, 9.17) is 0 Å². The second-order valence-corrected chi connectivity index (χ2v) is 6.22. The van der Waals surface area contributed by atoms with Crippen molar-refractivity contribution in [3.63, 3.8) is 0 Å². The van der Waals surface area contributed by atoms with E-state index in [1.165, 1.54) is 44.2 Å². The van der Waals surface area contributed by atoms with E-state index in [1.807, 2.05) is 0 Å². The monoisotopic (exact) mass is 294 g/mol. The summed E-state index contributed by atoms with van der Waals surface area (Å²) in [6.45, 7) is 0. The lowest BCUT2D eigenvalue weighted by molar-refractivity contribution is -0.384. The molecule has 0 saturated heterocycles. The van der Waals surface area contributed by atoms with Crippen LogP contribution in [0.1, 0.15) is 32.1 Å². The van der Waals surface area contributed by atoms with E-state index in [2.05, 4.69) is 5.32 Å². The highest BCUT2D eigenvalue weighted by Crippen LogP contribution is 2.28. The fraction of sp³-hybridized carbons (Fsp3) is 0.500. The number of nitrogens with zero attached hydrogens (tertiary/aromatic N) is 1. The Kier molecular flexibility index (Phi) is 5.40. The summed E-state index contributed by atoms with van der Waals surface area (Å²) >= 11 is 1.69. The molecule has 0 unspecified atom stereocenters. The van der Waals surface area contributed by atoms with Crippen molar-refractivity contribution in [2.24, 2.45) is 0 Å². The molecule has 1 aromatic rings. The molecule has 0 heterocycles. The quantitative estimate of drug-likeness (QED) is 0.665. The maximum absolute atomic E-state index is 11.8. The molecule has 20 heavy (non-hydrogen) atoms. The molecule has 1 amide bonds. The summed E-state index contributed by atoms with van der Waals surface area (Å²) in [6, 6.07) is 6.02. The summed E-state index contributed by atoms with van der Waals surface area (Å²) in [5.74, 6) is 0.314. The van der Waals surface area contributed by atoms with Gasteiger partial charge < -0.3 is 5.32 Å². The summed E-state index contributed by atoms with van der Waals surface area (Å²) in [4.78, 5) is 22.0. The molecular weight excluding hydrogens is 276 g/mol. The lowest BCUT2D eigenvalue weighted by atomic mass is 10.0. The van der Waals surface area contributed by atoms with Crippen LogP contribution in [0.15, 0.2) is 24.3 Å². The first-order chi connectivity index (χ1) is 9.65. The Morgan fingerprint density at radius 3 is 2.80 bits per heavy atom. The highest BCUT2D eigenvalue weighted by atomic mass is 32.2. The minimum atomic E-state index is -0.466. The van der Waals surface area contributed by atoms with Gasteiger partial charge in [0, 0.05) is 23.1 Å². The van der Waals surface area contributed by atoms with Crippen molar-refractivity contribution in [2.75, 3.05) is 11.1 Å². The van der Waals surface area contributed by atoms with Gasteiger partial charge in [-0.2, -0.15) is 0 Å². The summed E-state index contributed by atoms with van der Waals surface area (Å²) in [5.41, 5.74) is 0.469. The van der Waals surface area contributed by atoms with Gasteiger partial charge in [-0.3, -0.25) is 14.9 Å². The molecule has 0 radical (unpaired) electrons. The van der Waals surface area contributed by atoms with E-state index in [0.717, 1.165) is 0 Å². The number of nitro groups is 1. The van der Waals surface area contributed by atoms with Crippen molar-refractivity contribution < 1.29 is 9.72 Å². The molecule has 2 rings (SSSR count). The molecule has 108 valence electrons. The second kappa shape index (κ2) is 7.28.